The Kier molecular flexibility index (Phi) is 4.11. The Morgan fingerprint density at radius 3 is 2.44 bits per heavy atom. The summed E-state index contributed by atoms with van der Waals surface area (Å²) >= 11 is 0. The van der Waals surface area contributed by atoms with E-state index in [4.69, 9.17) is 0 Å². The molecule has 0 spiro atoms. The molecule has 25 heavy (non-hydrogen) atoms. The number of aromatic nitrogens is 2. The fourth-order valence-electron chi connectivity index (χ4n) is 3.15. The number of aryl methyl sites for hydroxylation is 1. The molecule has 1 aromatic carbocycles. The van der Waals surface area contributed by atoms with Crippen LogP contribution in [0.25, 0.3) is 0 Å². The van der Waals surface area contributed by atoms with Crippen LogP contribution in [0.1, 0.15) is 40.4 Å². The van der Waals surface area contributed by atoms with E-state index in [2.05, 4.69) is 21.2 Å². The van der Waals surface area contributed by atoms with E-state index >= 15 is 0 Å². The first-order valence-corrected chi connectivity index (χ1v) is 8.76. The molecule has 0 unspecified atom stereocenters. The van der Waals surface area contributed by atoms with Gasteiger partial charge in [-0.25, -0.2) is 4.39 Å². The lowest BCUT2D eigenvalue weighted by Gasteiger charge is -2.35. The second-order valence-electron chi connectivity index (χ2n) is 6.83. The Balaban J connectivity index is 1.38. The van der Waals surface area contributed by atoms with E-state index in [9.17, 15) is 9.18 Å². The second kappa shape index (κ2) is 6.43. The van der Waals surface area contributed by atoms with Crippen molar-refractivity contribution in [2.75, 3.05) is 31.1 Å². The molecule has 1 amide bonds. The summed E-state index contributed by atoms with van der Waals surface area (Å²) in [5, 5.41) is 8.66. The Hall–Kier alpha value is -2.50. The summed E-state index contributed by atoms with van der Waals surface area (Å²) in [5.41, 5.74) is 2.04. The third-order valence-electron chi connectivity index (χ3n) is 4.98. The van der Waals surface area contributed by atoms with Gasteiger partial charge in [-0.1, -0.05) is 6.07 Å². The molecular weight excluding hydrogens is 319 g/mol. The molecule has 1 aromatic heterocycles. The lowest BCUT2D eigenvalue weighted by atomic mass is 10.1. The van der Waals surface area contributed by atoms with Gasteiger partial charge in [0.2, 0.25) is 0 Å². The maximum atomic E-state index is 13.7. The van der Waals surface area contributed by atoms with Crippen LogP contribution in [0.15, 0.2) is 30.3 Å². The molecule has 0 N–H and O–H groups in total. The lowest BCUT2D eigenvalue weighted by molar-refractivity contribution is 0.0746. The highest BCUT2D eigenvalue weighted by molar-refractivity contribution is 5.94. The van der Waals surface area contributed by atoms with Crippen molar-refractivity contribution in [1.82, 2.24) is 15.1 Å². The number of anilines is 1. The van der Waals surface area contributed by atoms with E-state index in [1.807, 2.05) is 6.07 Å². The number of halogens is 1. The fourth-order valence-corrected chi connectivity index (χ4v) is 3.15. The van der Waals surface area contributed by atoms with Crippen LogP contribution < -0.4 is 4.90 Å². The quantitative estimate of drug-likeness (QED) is 0.862. The second-order valence-corrected chi connectivity index (χ2v) is 6.83. The van der Waals surface area contributed by atoms with Gasteiger partial charge in [0.1, 0.15) is 5.82 Å². The van der Waals surface area contributed by atoms with Crippen LogP contribution >= 0.6 is 0 Å². The minimum atomic E-state index is -0.337. The van der Waals surface area contributed by atoms with Crippen molar-refractivity contribution in [3.8, 4) is 0 Å². The van der Waals surface area contributed by atoms with Crippen LogP contribution in [0.2, 0.25) is 0 Å². The Labute approximate surface area is 146 Å². The first kappa shape index (κ1) is 16.0. The van der Waals surface area contributed by atoms with E-state index in [0.29, 0.717) is 43.2 Å². The van der Waals surface area contributed by atoms with Crippen LogP contribution in [0, 0.1) is 12.7 Å². The minimum Gasteiger partial charge on any atom is -0.352 e. The average molecular weight is 340 g/mol. The van der Waals surface area contributed by atoms with Gasteiger partial charge in [0.05, 0.1) is 5.69 Å². The molecule has 2 aromatic rings. The molecule has 2 aliphatic rings. The summed E-state index contributed by atoms with van der Waals surface area (Å²) in [4.78, 5) is 16.5. The highest BCUT2D eigenvalue weighted by Crippen LogP contribution is 2.38. The van der Waals surface area contributed by atoms with Gasteiger partial charge in [0.15, 0.2) is 5.82 Å². The molecule has 2 fully saturated rings. The highest BCUT2D eigenvalue weighted by Gasteiger charge is 2.26. The van der Waals surface area contributed by atoms with E-state index in [1.165, 1.54) is 18.9 Å². The Morgan fingerprint density at radius 1 is 1.08 bits per heavy atom. The van der Waals surface area contributed by atoms with Crippen LogP contribution in [-0.2, 0) is 0 Å². The molecule has 6 heteroatoms. The van der Waals surface area contributed by atoms with Crippen molar-refractivity contribution in [2.24, 2.45) is 0 Å². The molecule has 130 valence electrons. The molecule has 0 bridgehead atoms. The van der Waals surface area contributed by atoms with Gasteiger partial charge in [-0.15, -0.1) is 5.10 Å². The first-order chi connectivity index (χ1) is 12.1. The average Bonchev–Trinajstić information content (AvgIpc) is 3.49. The molecule has 5 nitrogen and oxygen atoms in total. The summed E-state index contributed by atoms with van der Waals surface area (Å²) < 4.78 is 13.7. The monoisotopic (exact) mass is 340 g/mol. The molecule has 1 aliphatic heterocycles. The predicted octanol–water partition coefficient (Wildman–Crippen LogP) is 2.76. The van der Waals surface area contributed by atoms with Crippen LogP contribution in [0.3, 0.4) is 0 Å². The first-order valence-electron chi connectivity index (χ1n) is 8.76. The number of hydrogen-bond acceptors (Lipinski definition) is 4. The molecule has 1 saturated carbocycles. The van der Waals surface area contributed by atoms with Gasteiger partial charge < -0.3 is 9.80 Å². The fraction of sp³-hybridized carbons (Fsp3) is 0.421. The summed E-state index contributed by atoms with van der Waals surface area (Å²) in [5.74, 6) is 1.01. The van der Waals surface area contributed by atoms with Crippen molar-refractivity contribution < 1.29 is 9.18 Å². The third-order valence-corrected chi connectivity index (χ3v) is 4.98. The molecule has 0 radical (unpaired) electrons. The number of amides is 1. The Bertz CT molecular complexity index is 781. The summed E-state index contributed by atoms with van der Waals surface area (Å²) in [6.45, 7) is 4.30. The van der Waals surface area contributed by atoms with Gasteiger partial charge in [-0.3, -0.25) is 4.79 Å². The number of hydrogen-bond donors (Lipinski definition) is 0. The zero-order valence-electron chi connectivity index (χ0n) is 14.3. The van der Waals surface area contributed by atoms with Crippen molar-refractivity contribution in [3.63, 3.8) is 0 Å². The number of carbonyl (C=O) groups excluding carboxylic acids is 1. The SMILES string of the molecule is Cc1ccc(C(=O)N2CCN(c3ccc(C4CC4)nn3)CC2)cc1F. The van der Waals surface area contributed by atoms with Gasteiger partial charge in [0, 0.05) is 37.7 Å². The molecule has 1 saturated heterocycles. The zero-order chi connectivity index (χ0) is 17.4. The standard InChI is InChI=1S/C19H21FN4O/c1-13-2-3-15(12-16(13)20)19(25)24-10-8-23(9-11-24)18-7-6-17(21-22-18)14-4-5-14/h2-3,6-7,12,14H,4-5,8-11H2,1H3. The van der Waals surface area contributed by atoms with Crippen LogP contribution in [0.5, 0.6) is 0 Å². The van der Waals surface area contributed by atoms with Crippen molar-refractivity contribution in [2.45, 2.75) is 25.7 Å². The molecule has 2 heterocycles. The minimum absolute atomic E-state index is 0.117. The maximum absolute atomic E-state index is 13.7. The van der Waals surface area contributed by atoms with Gasteiger partial charge in [0.25, 0.3) is 5.91 Å². The van der Waals surface area contributed by atoms with Crippen molar-refractivity contribution in [1.29, 1.82) is 0 Å². The number of rotatable bonds is 3. The third kappa shape index (κ3) is 3.34. The normalized spacial score (nSPS) is 17.7. The highest BCUT2D eigenvalue weighted by atomic mass is 19.1. The maximum Gasteiger partial charge on any atom is 0.254 e. The van der Waals surface area contributed by atoms with Gasteiger partial charge >= 0.3 is 0 Å². The summed E-state index contributed by atoms with van der Waals surface area (Å²) in [6, 6.07) is 8.75. The van der Waals surface area contributed by atoms with Crippen molar-refractivity contribution in [3.05, 3.63) is 53.0 Å². The van der Waals surface area contributed by atoms with E-state index in [1.54, 1.807) is 24.0 Å². The number of carbonyl (C=O) groups is 1. The summed E-state index contributed by atoms with van der Waals surface area (Å²) in [6.07, 6.45) is 2.43. The van der Waals surface area contributed by atoms with E-state index in [-0.39, 0.29) is 11.7 Å². The predicted molar refractivity (Wildman–Crippen MR) is 93.3 cm³/mol. The molecule has 4 rings (SSSR count). The number of benzene rings is 1. The zero-order valence-corrected chi connectivity index (χ0v) is 14.3. The van der Waals surface area contributed by atoms with Gasteiger partial charge in [-0.05, 0) is 49.6 Å². The molecule has 0 atom stereocenters. The number of nitrogens with zero attached hydrogens (tertiary/aromatic N) is 4. The smallest absolute Gasteiger partial charge is 0.254 e. The van der Waals surface area contributed by atoms with Crippen molar-refractivity contribution >= 4 is 11.7 Å². The van der Waals surface area contributed by atoms with Crippen LogP contribution in [0.4, 0.5) is 10.2 Å². The van der Waals surface area contributed by atoms with Gasteiger partial charge in [-0.2, -0.15) is 5.10 Å². The topological polar surface area (TPSA) is 49.3 Å². The molecule has 1 aliphatic carbocycles. The number of piperazine rings is 1. The lowest BCUT2D eigenvalue weighted by Crippen LogP contribution is -2.49. The molecular formula is C19H21FN4O. The van der Waals surface area contributed by atoms with E-state index in [0.717, 1.165) is 11.5 Å². The van der Waals surface area contributed by atoms with Crippen LogP contribution in [-0.4, -0.2) is 47.2 Å². The van der Waals surface area contributed by atoms with E-state index < -0.39 is 0 Å². The Morgan fingerprint density at radius 2 is 1.84 bits per heavy atom. The largest absolute Gasteiger partial charge is 0.352 e. The summed E-state index contributed by atoms with van der Waals surface area (Å²) in [7, 11) is 0.